The van der Waals surface area contributed by atoms with E-state index >= 15 is 0 Å². The molecule has 0 aliphatic heterocycles. The molecule has 104 valence electrons. The van der Waals surface area contributed by atoms with Gasteiger partial charge in [-0.1, -0.05) is 0 Å². The van der Waals surface area contributed by atoms with Gasteiger partial charge < -0.3 is 4.98 Å². The minimum atomic E-state index is -4.66. The fraction of sp³-hybridized carbons (Fsp3) is 0.250. The second kappa shape index (κ2) is 5.48. The molecule has 8 nitrogen and oxygen atoms in total. The molecule has 1 heterocycles. The molecular formula is C8H6F3N3O5. The number of halogens is 3. The SMILES string of the molecule is O=C(NOCC(F)(F)F)c1cc([N+](=O)[O-])c[nH]c1=O. The van der Waals surface area contributed by atoms with Gasteiger partial charge in [0, 0.05) is 6.07 Å². The average molecular weight is 281 g/mol. The fourth-order valence-electron chi connectivity index (χ4n) is 0.985. The molecule has 1 amide bonds. The van der Waals surface area contributed by atoms with E-state index in [1.54, 1.807) is 0 Å². The van der Waals surface area contributed by atoms with E-state index in [1.807, 2.05) is 4.98 Å². The topological polar surface area (TPSA) is 114 Å². The van der Waals surface area contributed by atoms with Crippen molar-refractivity contribution in [2.45, 2.75) is 6.18 Å². The number of hydrogen-bond acceptors (Lipinski definition) is 5. The van der Waals surface area contributed by atoms with Crippen LogP contribution >= 0.6 is 0 Å². The Bertz CT molecular complexity index is 553. The lowest BCUT2D eigenvalue weighted by Gasteiger charge is -2.07. The summed E-state index contributed by atoms with van der Waals surface area (Å²) in [6, 6.07) is 0.616. The first-order valence-electron chi connectivity index (χ1n) is 4.57. The van der Waals surface area contributed by atoms with Crippen molar-refractivity contribution in [2.24, 2.45) is 0 Å². The summed E-state index contributed by atoms with van der Waals surface area (Å²) in [4.78, 5) is 37.7. The van der Waals surface area contributed by atoms with Crippen molar-refractivity contribution in [2.75, 3.05) is 6.61 Å². The first kappa shape index (κ1) is 14.6. The Morgan fingerprint density at radius 3 is 2.68 bits per heavy atom. The third-order valence-electron chi connectivity index (χ3n) is 1.74. The van der Waals surface area contributed by atoms with Crippen LogP contribution in [0.5, 0.6) is 0 Å². The monoisotopic (exact) mass is 281 g/mol. The second-order valence-corrected chi connectivity index (χ2v) is 3.19. The van der Waals surface area contributed by atoms with Gasteiger partial charge in [0.2, 0.25) is 0 Å². The molecule has 0 spiro atoms. The number of amides is 1. The molecule has 0 aliphatic carbocycles. The van der Waals surface area contributed by atoms with Gasteiger partial charge in [0.25, 0.3) is 17.2 Å². The van der Waals surface area contributed by atoms with Gasteiger partial charge in [-0.3, -0.25) is 24.5 Å². The number of nitrogens with zero attached hydrogens (tertiary/aromatic N) is 1. The number of carbonyl (C=O) groups excluding carboxylic acids is 1. The molecule has 19 heavy (non-hydrogen) atoms. The van der Waals surface area contributed by atoms with Crippen LogP contribution in [0.2, 0.25) is 0 Å². The molecule has 0 fully saturated rings. The zero-order chi connectivity index (χ0) is 14.6. The van der Waals surface area contributed by atoms with E-state index < -0.39 is 40.4 Å². The van der Waals surface area contributed by atoms with Crippen LogP contribution in [-0.4, -0.2) is 28.6 Å². The van der Waals surface area contributed by atoms with Crippen molar-refractivity contribution in [3.05, 3.63) is 38.3 Å². The molecule has 1 rings (SSSR count). The van der Waals surface area contributed by atoms with Gasteiger partial charge in [0.05, 0.1) is 11.1 Å². The molecular weight excluding hydrogens is 275 g/mol. The molecule has 0 saturated carbocycles. The first-order valence-corrected chi connectivity index (χ1v) is 4.57. The highest BCUT2D eigenvalue weighted by Crippen LogP contribution is 2.13. The summed E-state index contributed by atoms with van der Waals surface area (Å²) in [5.41, 5.74) is -0.976. The molecule has 0 atom stereocenters. The van der Waals surface area contributed by atoms with Crippen LogP contribution < -0.4 is 11.0 Å². The highest BCUT2D eigenvalue weighted by atomic mass is 19.4. The predicted molar refractivity (Wildman–Crippen MR) is 53.2 cm³/mol. The van der Waals surface area contributed by atoms with E-state index in [9.17, 15) is 32.9 Å². The molecule has 2 N–H and O–H groups in total. The quantitative estimate of drug-likeness (QED) is 0.616. The van der Waals surface area contributed by atoms with Crippen LogP contribution in [0.4, 0.5) is 18.9 Å². The lowest BCUT2D eigenvalue weighted by atomic mass is 10.2. The average Bonchev–Trinajstić information content (AvgIpc) is 2.27. The van der Waals surface area contributed by atoms with Gasteiger partial charge in [-0.15, -0.1) is 0 Å². The molecule has 0 saturated heterocycles. The molecule has 0 aliphatic rings. The Morgan fingerprint density at radius 2 is 2.16 bits per heavy atom. The summed E-state index contributed by atoms with van der Waals surface area (Å²) in [7, 11) is 0. The first-order chi connectivity index (χ1) is 8.70. The van der Waals surface area contributed by atoms with Crippen molar-refractivity contribution in [1.29, 1.82) is 0 Å². The molecule has 1 aromatic heterocycles. The van der Waals surface area contributed by atoms with Crippen LogP contribution in [0.15, 0.2) is 17.1 Å². The Labute approximate surface area is 102 Å². The summed E-state index contributed by atoms with van der Waals surface area (Å²) in [6.07, 6.45) is -3.92. The molecule has 0 radical (unpaired) electrons. The lowest BCUT2D eigenvalue weighted by molar-refractivity contribution is -0.385. The van der Waals surface area contributed by atoms with Gasteiger partial charge in [0.1, 0.15) is 5.56 Å². The Kier molecular flexibility index (Phi) is 4.22. The Morgan fingerprint density at radius 1 is 1.53 bits per heavy atom. The normalized spacial score (nSPS) is 11.1. The van der Waals surface area contributed by atoms with E-state index in [-0.39, 0.29) is 0 Å². The molecule has 0 bridgehead atoms. The fourth-order valence-corrected chi connectivity index (χ4v) is 0.985. The van der Waals surface area contributed by atoms with E-state index in [1.165, 1.54) is 5.48 Å². The number of nitro groups is 1. The van der Waals surface area contributed by atoms with E-state index in [0.29, 0.717) is 6.07 Å². The molecule has 11 heteroatoms. The summed E-state index contributed by atoms with van der Waals surface area (Å²) in [5.74, 6) is -1.32. The molecule has 1 aromatic rings. The van der Waals surface area contributed by atoms with Crippen molar-refractivity contribution < 1.29 is 27.7 Å². The largest absolute Gasteiger partial charge is 0.414 e. The second-order valence-electron chi connectivity index (χ2n) is 3.19. The van der Waals surface area contributed by atoms with Gasteiger partial charge >= 0.3 is 6.18 Å². The number of aromatic nitrogens is 1. The minimum Gasteiger partial charge on any atom is -0.322 e. The number of rotatable bonds is 4. The van der Waals surface area contributed by atoms with Gasteiger partial charge in [-0.2, -0.15) is 13.2 Å². The van der Waals surface area contributed by atoms with Gasteiger partial charge in [-0.05, 0) is 0 Å². The lowest BCUT2D eigenvalue weighted by Crippen LogP contribution is -2.33. The number of H-pyrrole nitrogens is 1. The Balaban J connectivity index is 2.79. The highest BCUT2D eigenvalue weighted by Gasteiger charge is 2.28. The third kappa shape index (κ3) is 4.39. The summed E-state index contributed by atoms with van der Waals surface area (Å²) < 4.78 is 35.2. The van der Waals surface area contributed by atoms with Crippen molar-refractivity contribution in [1.82, 2.24) is 10.5 Å². The smallest absolute Gasteiger partial charge is 0.322 e. The summed E-state index contributed by atoms with van der Waals surface area (Å²) >= 11 is 0. The summed E-state index contributed by atoms with van der Waals surface area (Å²) in [5, 5.41) is 10.4. The van der Waals surface area contributed by atoms with Crippen molar-refractivity contribution in [3.63, 3.8) is 0 Å². The van der Waals surface area contributed by atoms with Gasteiger partial charge in [-0.25, -0.2) is 5.48 Å². The van der Waals surface area contributed by atoms with Crippen LogP contribution in [0.1, 0.15) is 10.4 Å². The van der Waals surface area contributed by atoms with Crippen LogP contribution in [0, 0.1) is 10.1 Å². The molecule has 0 unspecified atom stereocenters. The number of nitrogens with one attached hydrogen (secondary N) is 2. The standard InChI is InChI=1S/C8H6F3N3O5/c9-8(10,11)3-19-13-7(16)5-1-4(14(17)18)2-12-6(5)15/h1-2H,3H2,(H,12,15)(H,13,16). The highest BCUT2D eigenvalue weighted by molar-refractivity contribution is 5.93. The predicted octanol–water partition coefficient (Wildman–Crippen LogP) is 0.507. The molecule has 0 aromatic carbocycles. The number of alkyl halides is 3. The maximum atomic E-state index is 11.7. The number of hydroxylamine groups is 1. The number of pyridine rings is 1. The number of carbonyl (C=O) groups is 1. The van der Waals surface area contributed by atoms with Crippen LogP contribution in [0.3, 0.4) is 0 Å². The zero-order valence-electron chi connectivity index (χ0n) is 8.98. The van der Waals surface area contributed by atoms with Crippen molar-refractivity contribution in [3.8, 4) is 0 Å². The number of hydrogen-bond donors (Lipinski definition) is 2. The maximum absolute atomic E-state index is 11.7. The minimum absolute atomic E-state index is 0.597. The summed E-state index contributed by atoms with van der Waals surface area (Å²) in [6.45, 7) is -1.76. The zero-order valence-corrected chi connectivity index (χ0v) is 8.98. The van der Waals surface area contributed by atoms with Gasteiger partial charge in [0.15, 0.2) is 6.61 Å². The van der Waals surface area contributed by atoms with E-state index in [4.69, 9.17) is 0 Å². The number of aromatic amines is 1. The Hall–Kier alpha value is -2.43. The maximum Gasteiger partial charge on any atom is 0.414 e. The van der Waals surface area contributed by atoms with E-state index in [2.05, 4.69) is 4.84 Å². The third-order valence-corrected chi connectivity index (χ3v) is 1.74. The van der Waals surface area contributed by atoms with Crippen LogP contribution in [0.25, 0.3) is 0 Å². The van der Waals surface area contributed by atoms with E-state index in [0.717, 1.165) is 6.20 Å². The van der Waals surface area contributed by atoms with Crippen LogP contribution in [-0.2, 0) is 4.84 Å². The van der Waals surface area contributed by atoms with Crippen molar-refractivity contribution >= 4 is 11.6 Å².